The van der Waals surface area contributed by atoms with Gasteiger partial charge in [-0.2, -0.15) is 13.5 Å². The van der Waals surface area contributed by atoms with E-state index in [4.69, 9.17) is 19.2 Å². The summed E-state index contributed by atoms with van der Waals surface area (Å²) in [7, 11) is 1.79. The number of methoxy groups -OCH3 is 1. The van der Waals surface area contributed by atoms with Gasteiger partial charge in [-0.25, -0.2) is 9.97 Å². The van der Waals surface area contributed by atoms with Gasteiger partial charge in [0.25, 0.3) is 0 Å². The fraction of sp³-hybridized carbons (Fsp3) is 0.462. The van der Waals surface area contributed by atoms with E-state index >= 15 is 0 Å². The number of hydrogen-bond donors (Lipinski definition) is 0. The van der Waals surface area contributed by atoms with Gasteiger partial charge in [0, 0.05) is 57.3 Å². The van der Waals surface area contributed by atoms with Gasteiger partial charge in [0.05, 0.1) is 30.5 Å². The van der Waals surface area contributed by atoms with Crippen LogP contribution in [-0.4, -0.2) is 84.5 Å². The lowest BCUT2D eigenvalue weighted by Crippen LogP contribution is -2.46. The molecule has 1 amide bonds. The zero-order valence-corrected chi connectivity index (χ0v) is 21.7. The fourth-order valence-electron chi connectivity index (χ4n) is 4.66. The molecule has 0 bridgehead atoms. The molecule has 10 heteroatoms. The molecule has 0 spiro atoms. The summed E-state index contributed by atoms with van der Waals surface area (Å²) in [5.41, 5.74) is 4.27. The van der Waals surface area contributed by atoms with Crippen LogP contribution in [-0.2, 0) is 14.3 Å². The van der Waals surface area contributed by atoms with Crippen molar-refractivity contribution in [1.82, 2.24) is 19.9 Å². The molecule has 0 aliphatic carbocycles. The number of rotatable bonds is 6. The summed E-state index contributed by atoms with van der Waals surface area (Å²) in [6.07, 6.45) is 5.52. The number of piperidine rings is 1. The van der Waals surface area contributed by atoms with Gasteiger partial charge in [0.1, 0.15) is 12.7 Å². The Morgan fingerprint density at radius 1 is 1.11 bits per heavy atom. The number of aromatic nitrogens is 3. The largest absolute Gasteiger partial charge is 0.473 e. The Morgan fingerprint density at radius 2 is 1.86 bits per heavy atom. The highest BCUT2D eigenvalue weighted by atomic mass is 32.1. The lowest BCUT2D eigenvalue weighted by atomic mass is 10.1. The highest BCUT2D eigenvalue weighted by Gasteiger charge is 2.24. The average Bonchev–Trinajstić information content (AvgIpc) is 2.92. The van der Waals surface area contributed by atoms with Crippen LogP contribution in [0.15, 0.2) is 42.7 Å². The summed E-state index contributed by atoms with van der Waals surface area (Å²) in [5.74, 6) is 0.459. The van der Waals surface area contributed by atoms with E-state index in [0.717, 1.165) is 37.2 Å². The van der Waals surface area contributed by atoms with E-state index in [0.29, 0.717) is 42.7 Å². The molecule has 3 aromatic rings. The number of amides is 1. The minimum atomic E-state index is -0.216. The second-order valence-electron chi connectivity index (χ2n) is 8.97. The normalized spacial score (nSPS) is 18.7. The molecule has 36 heavy (non-hydrogen) atoms. The van der Waals surface area contributed by atoms with Gasteiger partial charge in [-0.05, 0) is 31.0 Å². The van der Waals surface area contributed by atoms with Crippen molar-refractivity contribution < 1.29 is 19.0 Å². The highest BCUT2D eigenvalue weighted by Crippen LogP contribution is 2.29. The molecule has 9 nitrogen and oxygen atoms in total. The molecule has 5 rings (SSSR count). The first-order valence-corrected chi connectivity index (χ1v) is 12.1. The van der Waals surface area contributed by atoms with E-state index in [-0.39, 0.29) is 32.1 Å². The van der Waals surface area contributed by atoms with E-state index in [1.807, 2.05) is 6.07 Å². The van der Waals surface area contributed by atoms with Gasteiger partial charge in [0.15, 0.2) is 5.52 Å². The van der Waals surface area contributed by atoms with Crippen LogP contribution in [0.4, 0.5) is 5.69 Å². The van der Waals surface area contributed by atoms with Crippen molar-refractivity contribution in [3.8, 4) is 17.1 Å². The Labute approximate surface area is 218 Å². The van der Waals surface area contributed by atoms with Crippen LogP contribution in [0.1, 0.15) is 19.8 Å². The molecule has 4 heterocycles. The number of hydrogen-bond acceptors (Lipinski definition) is 8. The Morgan fingerprint density at radius 3 is 2.58 bits per heavy atom. The lowest BCUT2D eigenvalue weighted by Gasteiger charge is -2.33. The minimum Gasteiger partial charge on any atom is -0.473 e. The lowest BCUT2D eigenvalue weighted by molar-refractivity contribution is -0.137. The number of nitrogens with zero attached hydrogens (tertiary/aromatic N) is 5. The number of anilines is 1. The van der Waals surface area contributed by atoms with Crippen LogP contribution in [0, 0.1) is 0 Å². The van der Waals surface area contributed by atoms with Crippen LogP contribution in [0.2, 0.25) is 0 Å². The van der Waals surface area contributed by atoms with Gasteiger partial charge >= 0.3 is 0 Å². The number of carbonyl (C=O) groups excluding carboxylic acids is 1. The molecule has 2 saturated heterocycles. The SMILES string of the molecule is COC1CCN(c2ccc(-c3cc4nccnc4c(OC[C@@H]4CN(C(C)=O)CCO4)n3)cc2)CC1.S. The molecule has 2 fully saturated rings. The summed E-state index contributed by atoms with van der Waals surface area (Å²) in [4.78, 5) is 29.6. The summed E-state index contributed by atoms with van der Waals surface area (Å²) in [5, 5.41) is 0. The molecule has 2 aliphatic heterocycles. The maximum absolute atomic E-state index is 11.7. The van der Waals surface area contributed by atoms with Gasteiger partial charge in [-0.3, -0.25) is 9.78 Å². The second kappa shape index (κ2) is 11.9. The molecule has 0 radical (unpaired) electrons. The predicted molar refractivity (Wildman–Crippen MR) is 143 cm³/mol. The van der Waals surface area contributed by atoms with Crippen molar-refractivity contribution in [2.45, 2.75) is 32.0 Å². The van der Waals surface area contributed by atoms with Crippen LogP contribution < -0.4 is 9.64 Å². The zero-order valence-electron chi connectivity index (χ0n) is 20.7. The molecule has 0 unspecified atom stereocenters. The minimum absolute atomic E-state index is 0. The summed E-state index contributed by atoms with van der Waals surface area (Å²) in [6, 6.07) is 10.4. The average molecular weight is 512 g/mol. The van der Waals surface area contributed by atoms with E-state index in [1.54, 1.807) is 31.3 Å². The molecular weight excluding hydrogens is 478 g/mol. The monoisotopic (exact) mass is 511 g/mol. The van der Waals surface area contributed by atoms with Crippen molar-refractivity contribution in [1.29, 1.82) is 0 Å². The smallest absolute Gasteiger partial charge is 0.242 e. The third-order valence-electron chi connectivity index (χ3n) is 6.72. The number of benzene rings is 1. The summed E-state index contributed by atoms with van der Waals surface area (Å²) >= 11 is 0. The first-order valence-electron chi connectivity index (χ1n) is 12.1. The third kappa shape index (κ3) is 5.88. The standard InChI is InChI=1S/C26H31N5O4.H2S/c1-18(32)31-13-14-34-22(16-31)17-35-26-25-24(27-9-10-28-25)15-23(29-26)19-3-5-20(6-4-19)30-11-7-21(33-2)8-12-30;/h3-6,9-10,15,21-22H,7-8,11-14,16-17H2,1-2H3;1H2/t22-;/m0./s1. The van der Waals surface area contributed by atoms with Crippen LogP contribution >= 0.6 is 13.5 Å². The molecule has 0 saturated carbocycles. The molecule has 0 N–H and O–H groups in total. The molecule has 2 aliphatic rings. The Balaban J connectivity index is 0.00000304. The first kappa shape index (κ1) is 26.1. The van der Waals surface area contributed by atoms with Gasteiger partial charge in [-0.1, -0.05) is 12.1 Å². The molecule has 2 aromatic heterocycles. The summed E-state index contributed by atoms with van der Waals surface area (Å²) < 4.78 is 17.4. The molecule has 1 atom stereocenters. The van der Waals surface area contributed by atoms with Crippen molar-refractivity contribution in [3.05, 3.63) is 42.7 Å². The highest BCUT2D eigenvalue weighted by molar-refractivity contribution is 7.59. The predicted octanol–water partition coefficient (Wildman–Crippen LogP) is 3.05. The second-order valence-corrected chi connectivity index (χ2v) is 8.97. The first-order chi connectivity index (χ1) is 17.1. The topological polar surface area (TPSA) is 89.9 Å². The summed E-state index contributed by atoms with van der Waals surface area (Å²) in [6.45, 7) is 5.44. The molecular formula is C26H33N5O4S. The number of ether oxygens (including phenoxy) is 3. The van der Waals surface area contributed by atoms with Crippen molar-refractivity contribution in [3.63, 3.8) is 0 Å². The number of fused-ring (bicyclic) bond motifs is 1. The number of pyridine rings is 1. The van der Waals surface area contributed by atoms with Crippen LogP contribution in [0.5, 0.6) is 5.88 Å². The number of morpholine rings is 1. The fourth-order valence-corrected chi connectivity index (χ4v) is 4.66. The maximum atomic E-state index is 11.7. The Hall–Kier alpha value is -2.95. The number of carbonyl (C=O) groups is 1. The van der Waals surface area contributed by atoms with Crippen molar-refractivity contribution in [2.75, 3.05) is 51.4 Å². The van der Waals surface area contributed by atoms with E-state index in [2.05, 4.69) is 39.1 Å². The molecule has 1 aromatic carbocycles. The quantitative estimate of drug-likeness (QED) is 0.499. The van der Waals surface area contributed by atoms with E-state index < -0.39 is 0 Å². The maximum Gasteiger partial charge on any atom is 0.242 e. The van der Waals surface area contributed by atoms with Crippen LogP contribution in [0.25, 0.3) is 22.3 Å². The van der Waals surface area contributed by atoms with E-state index in [1.165, 1.54) is 5.69 Å². The van der Waals surface area contributed by atoms with Crippen molar-refractivity contribution in [2.24, 2.45) is 0 Å². The van der Waals surface area contributed by atoms with Gasteiger partial charge in [-0.15, -0.1) is 0 Å². The van der Waals surface area contributed by atoms with Crippen LogP contribution in [0.3, 0.4) is 0 Å². The molecule has 192 valence electrons. The van der Waals surface area contributed by atoms with Crippen molar-refractivity contribution >= 4 is 36.1 Å². The van der Waals surface area contributed by atoms with E-state index in [9.17, 15) is 4.79 Å². The zero-order chi connectivity index (χ0) is 24.2. The third-order valence-corrected chi connectivity index (χ3v) is 6.72. The Bertz CT molecular complexity index is 1170. The van der Waals surface area contributed by atoms with Gasteiger partial charge < -0.3 is 24.0 Å². The Kier molecular flexibility index (Phi) is 8.60. The van der Waals surface area contributed by atoms with Gasteiger partial charge in [0.2, 0.25) is 11.8 Å².